The van der Waals surface area contributed by atoms with Gasteiger partial charge in [0.05, 0.1) is 11.7 Å². The predicted molar refractivity (Wildman–Crippen MR) is 73.2 cm³/mol. The van der Waals surface area contributed by atoms with E-state index in [2.05, 4.69) is 26.6 Å². The first-order valence-corrected chi connectivity index (χ1v) is 7.12. The SMILES string of the molecule is OC1CNCC1CNCc1cc(Br)cc(C(F)(F)F)c1. The van der Waals surface area contributed by atoms with Gasteiger partial charge in [0.15, 0.2) is 0 Å². The highest BCUT2D eigenvalue weighted by molar-refractivity contribution is 9.10. The van der Waals surface area contributed by atoms with Gasteiger partial charge in [0.1, 0.15) is 0 Å². The molecule has 0 radical (unpaired) electrons. The summed E-state index contributed by atoms with van der Waals surface area (Å²) < 4.78 is 38.5. The summed E-state index contributed by atoms with van der Waals surface area (Å²) in [5.74, 6) is 0.101. The first-order valence-electron chi connectivity index (χ1n) is 6.32. The number of β-amino-alcohol motifs (C(OH)–C–C–N with tert-alkyl or cyclic N) is 1. The van der Waals surface area contributed by atoms with Crippen molar-refractivity contribution in [3.63, 3.8) is 0 Å². The van der Waals surface area contributed by atoms with E-state index in [4.69, 9.17) is 0 Å². The van der Waals surface area contributed by atoms with Crippen molar-refractivity contribution in [1.29, 1.82) is 0 Å². The van der Waals surface area contributed by atoms with Crippen molar-refractivity contribution in [1.82, 2.24) is 10.6 Å². The lowest BCUT2D eigenvalue weighted by atomic mass is 10.1. The van der Waals surface area contributed by atoms with Gasteiger partial charge in [-0.05, 0) is 23.8 Å². The van der Waals surface area contributed by atoms with Gasteiger partial charge < -0.3 is 15.7 Å². The Labute approximate surface area is 123 Å². The number of hydrogen-bond donors (Lipinski definition) is 3. The van der Waals surface area contributed by atoms with Crippen LogP contribution in [0.3, 0.4) is 0 Å². The molecule has 0 bridgehead atoms. The number of halogens is 4. The van der Waals surface area contributed by atoms with Gasteiger partial charge in [0.25, 0.3) is 0 Å². The number of nitrogens with one attached hydrogen (secondary N) is 2. The van der Waals surface area contributed by atoms with Crippen LogP contribution in [0.2, 0.25) is 0 Å². The second-order valence-electron chi connectivity index (χ2n) is 4.96. The zero-order valence-corrected chi connectivity index (χ0v) is 12.3. The topological polar surface area (TPSA) is 44.3 Å². The van der Waals surface area contributed by atoms with Crippen molar-refractivity contribution >= 4 is 15.9 Å². The maximum atomic E-state index is 12.7. The highest BCUT2D eigenvalue weighted by Gasteiger charge is 2.31. The van der Waals surface area contributed by atoms with Crippen LogP contribution in [0.1, 0.15) is 11.1 Å². The lowest BCUT2D eigenvalue weighted by molar-refractivity contribution is -0.137. The molecule has 1 aliphatic rings. The Morgan fingerprint density at radius 2 is 2.05 bits per heavy atom. The second kappa shape index (κ2) is 6.43. The Bertz CT molecular complexity index is 467. The fourth-order valence-electron chi connectivity index (χ4n) is 2.25. The van der Waals surface area contributed by atoms with E-state index in [1.165, 1.54) is 0 Å². The van der Waals surface area contributed by atoms with E-state index < -0.39 is 17.8 Å². The van der Waals surface area contributed by atoms with Crippen molar-refractivity contribution in [2.75, 3.05) is 19.6 Å². The van der Waals surface area contributed by atoms with Gasteiger partial charge in [-0.25, -0.2) is 0 Å². The number of aliphatic hydroxyl groups is 1. The minimum atomic E-state index is -4.34. The summed E-state index contributed by atoms with van der Waals surface area (Å²) >= 11 is 3.10. The van der Waals surface area contributed by atoms with E-state index in [0.717, 1.165) is 18.7 Å². The van der Waals surface area contributed by atoms with Gasteiger partial charge in [-0.1, -0.05) is 15.9 Å². The Kier molecular flexibility index (Phi) is 5.06. The number of rotatable bonds is 4. The molecule has 20 heavy (non-hydrogen) atoms. The monoisotopic (exact) mass is 352 g/mol. The molecule has 0 spiro atoms. The molecular weight excluding hydrogens is 337 g/mol. The zero-order valence-electron chi connectivity index (χ0n) is 10.7. The van der Waals surface area contributed by atoms with Crippen LogP contribution in [0, 0.1) is 5.92 Å². The molecule has 112 valence electrons. The maximum Gasteiger partial charge on any atom is 0.416 e. The van der Waals surface area contributed by atoms with Crippen molar-refractivity contribution < 1.29 is 18.3 Å². The van der Waals surface area contributed by atoms with Crippen LogP contribution in [0.25, 0.3) is 0 Å². The summed E-state index contributed by atoms with van der Waals surface area (Å²) in [5.41, 5.74) is -0.0987. The van der Waals surface area contributed by atoms with Crippen LogP contribution in [0.4, 0.5) is 13.2 Å². The van der Waals surface area contributed by atoms with Crippen LogP contribution >= 0.6 is 15.9 Å². The van der Waals surface area contributed by atoms with E-state index in [9.17, 15) is 18.3 Å². The largest absolute Gasteiger partial charge is 0.416 e. The molecule has 2 rings (SSSR count). The molecule has 0 aliphatic carbocycles. The van der Waals surface area contributed by atoms with Crippen LogP contribution in [-0.4, -0.2) is 30.8 Å². The highest BCUT2D eigenvalue weighted by atomic mass is 79.9. The molecule has 0 amide bonds. The predicted octanol–water partition coefficient (Wildman–Crippen LogP) is 2.14. The third kappa shape index (κ3) is 4.18. The number of hydrogen-bond acceptors (Lipinski definition) is 3. The normalized spacial score (nSPS) is 23.2. The summed E-state index contributed by atoms with van der Waals surface area (Å²) in [6.45, 7) is 2.20. The molecule has 1 aromatic rings. The van der Waals surface area contributed by atoms with Crippen molar-refractivity contribution in [3.05, 3.63) is 33.8 Å². The number of alkyl halides is 3. The minimum absolute atomic E-state index is 0.101. The van der Waals surface area contributed by atoms with Crippen molar-refractivity contribution in [2.45, 2.75) is 18.8 Å². The summed E-state index contributed by atoms with van der Waals surface area (Å²) in [6, 6.07) is 3.86. The summed E-state index contributed by atoms with van der Waals surface area (Å²) in [6.07, 6.45) is -4.74. The van der Waals surface area contributed by atoms with E-state index in [0.29, 0.717) is 29.7 Å². The molecule has 1 fully saturated rings. The molecule has 7 heteroatoms. The Morgan fingerprint density at radius 1 is 1.30 bits per heavy atom. The molecule has 1 aliphatic heterocycles. The van der Waals surface area contributed by atoms with E-state index in [1.54, 1.807) is 6.07 Å². The average molecular weight is 353 g/mol. The first kappa shape index (κ1) is 15.8. The molecule has 1 aromatic carbocycles. The molecule has 0 saturated carbocycles. The van der Waals surface area contributed by atoms with Gasteiger partial charge in [-0.3, -0.25) is 0 Å². The fourth-order valence-corrected chi connectivity index (χ4v) is 2.79. The lowest BCUT2D eigenvalue weighted by Gasteiger charge is -2.15. The fraction of sp³-hybridized carbons (Fsp3) is 0.538. The molecular formula is C13H16BrF3N2O. The molecule has 1 saturated heterocycles. The lowest BCUT2D eigenvalue weighted by Crippen LogP contribution is -2.30. The first-order chi connectivity index (χ1) is 9.36. The van der Waals surface area contributed by atoms with Gasteiger partial charge in [0.2, 0.25) is 0 Å². The Hall–Kier alpha value is -0.630. The molecule has 2 unspecified atom stereocenters. The van der Waals surface area contributed by atoms with Crippen LogP contribution < -0.4 is 10.6 Å². The van der Waals surface area contributed by atoms with E-state index in [1.807, 2.05) is 0 Å². The third-order valence-corrected chi connectivity index (χ3v) is 3.78. The van der Waals surface area contributed by atoms with Gasteiger partial charge in [0, 0.05) is 36.6 Å². The second-order valence-corrected chi connectivity index (χ2v) is 5.88. The Morgan fingerprint density at radius 3 is 2.65 bits per heavy atom. The average Bonchev–Trinajstić information content (AvgIpc) is 2.73. The molecule has 1 heterocycles. The molecule has 0 aromatic heterocycles. The van der Waals surface area contributed by atoms with Crippen LogP contribution in [0.15, 0.2) is 22.7 Å². The summed E-state index contributed by atoms with van der Waals surface area (Å²) in [5, 5.41) is 15.8. The molecule has 3 N–H and O–H groups in total. The van der Waals surface area contributed by atoms with Crippen molar-refractivity contribution in [2.24, 2.45) is 5.92 Å². The van der Waals surface area contributed by atoms with Crippen LogP contribution in [-0.2, 0) is 12.7 Å². The third-order valence-electron chi connectivity index (χ3n) is 3.32. The number of benzene rings is 1. The van der Waals surface area contributed by atoms with E-state index in [-0.39, 0.29) is 5.92 Å². The van der Waals surface area contributed by atoms with Crippen LogP contribution in [0.5, 0.6) is 0 Å². The van der Waals surface area contributed by atoms with Gasteiger partial charge >= 0.3 is 6.18 Å². The quantitative estimate of drug-likeness (QED) is 0.777. The summed E-state index contributed by atoms with van der Waals surface area (Å²) in [4.78, 5) is 0. The maximum absolute atomic E-state index is 12.7. The minimum Gasteiger partial charge on any atom is -0.391 e. The van der Waals surface area contributed by atoms with Crippen molar-refractivity contribution in [3.8, 4) is 0 Å². The number of aliphatic hydroxyl groups excluding tert-OH is 1. The Balaban J connectivity index is 1.94. The molecule has 2 atom stereocenters. The summed E-state index contributed by atoms with van der Waals surface area (Å²) in [7, 11) is 0. The standard InChI is InChI=1S/C13H16BrF3N2O/c14-11-2-8(1-10(3-11)13(15,16)17)4-18-5-9-6-19-7-12(9)20/h1-3,9,12,18-20H,4-7H2. The van der Waals surface area contributed by atoms with Gasteiger partial charge in [-0.15, -0.1) is 0 Å². The highest BCUT2D eigenvalue weighted by Crippen LogP contribution is 2.32. The van der Waals surface area contributed by atoms with E-state index >= 15 is 0 Å². The zero-order chi connectivity index (χ0) is 14.8. The molecule has 3 nitrogen and oxygen atoms in total. The smallest absolute Gasteiger partial charge is 0.391 e. The van der Waals surface area contributed by atoms with Gasteiger partial charge in [-0.2, -0.15) is 13.2 Å².